The molecule has 2 fully saturated rings. The molecule has 3 nitrogen and oxygen atoms in total. The molecule has 3 heteroatoms. The van der Waals surface area contributed by atoms with E-state index in [0.29, 0.717) is 11.6 Å². The summed E-state index contributed by atoms with van der Waals surface area (Å²) in [5.74, 6) is 0. The molecule has 0 aliphatic carbocycles. The SMILES string of the molecule is CCC1(N2CCNCC2C)CCOC1. The largest absolute Gasteiger partial charge is 0.379 e. The summed E-state index contributed by atoms with van der Waals surface area (Å²) >= 11 is 0. The van der Waals surface area contributed by atoms with Gasteiger partial charge in [-0.15, -0.1) is 0 Å². The van der Waals surface area contributed by atoms with E-state index >= 15 is 0 Å². The van der Waals surface area contributed by atoms with Gasteiger partial charge in [-0.3, -0.25) is 4.90 Å². The molecule has 0 aromatic rings. The zero-order chi connectivity index (χ0) is 10.0. The van der Waals surface area contributed by atoms with Gasteiger partial charge in [0.2, 0.25) is 0 Å². The van der Waals surface area contributed by atoms with Gasteiger partial charge in [-0.2, -0.15) is 0 Å². The first kappa shape index (κ1) is 10.4. The number of piperazine rings is 1. The standard InChI is InChI=1S/C11H22N2O/c1-3-11(4-7-14-9-11)13-6-5-12-8-10(13)2/h10,12H,3-9H2,1-2H3. The minimum Gasteiger partial charge on any atom is -0.379 e. The fourth-order valence-corrected chi connectivity index (χ4v) is 2.85. The van der Waals surface area contributed by atoms with Crippen molar-refractivity contribution in [3.05, 3.63) is 0 Å². The van der Waals surface area contributed by atoms with Gasteiger partial charge < -0.3 is 10.1 Å². The number of rotatable bonds is 2. The molecule has 0 saturated carbocycles. The lowest BCUT2D eigenvalue weighted by Gasteiger charge is -2.46. The molecule has 2 saturated heterocycles. The van der Waals surface area contributed by atoms with Crippen LogP contribution in [0.4, 0.5) is 0 Å². The molecule has 0 radical (unpaired) electrons. The van der Waals surface area contributed by atoms with Crippen molar-refractivity contribution in [2.75, 3.05) is 32.8 Å². The minimum absolute atomic E-state index is 0.349. The molecule has 82 valence electrons. The van der Waals surface area contributed by atoms with Gasteiger partial charge in [-0.25, -0.2) is 0 Å². The second-order valence-corrected chi connectivity index (χ2v) is 4.63. The highest BCUT2D eigenvalue weighted by Crippen LogP contribution is 2.31. The van der Waals surface area contributed by atoms with Gasteiger partial charge in [0.1, 0.15) is 0 Å². The molecule has 0 amide bonds. The van der Waals surface area contributed by atoms with Gasteiger partial charge in [0, 0.05) is 37.8 Å². The Hall–Kier alpha value is -0.120. The Labute approximate surface area is 86.8 Å². The molecule has 0 bridgehead atoms. The summed E-state index contributed by atoms with van der Waals surface area (Å²) in [7, 11) is 0. The molecule has 1 N–H and O–H groups in total. The minimum atomic E-state index is 0.349. The van der Waals surface area contributed by atoms with Crippen molar-refractivity contribution in [2.45, 2.75) is 38.3 Å². The third-order valence-corrected chi connectivity index (χ3v) is 3.85. The van der Waals surface area contributed by atoms with Crippen LogP contribution in [0.1, 0.15) is 26.7 Å². The summed E-state index contributed by atoms with van der Waals surface area (Å²) < 4.78 is 5.59. The van der Waals surface area contributed by atoms with Crippen LogP contribution >= 0.6 is 0 Å². The first-order chi connectivity index (χ1) is 6.78. The van der Waals surface area contributed by atoms with E-state index in [1.807, 2.05) is 0 Å². The van der Waals surface area contributed by atoms with E-state index in [2.05, 4.69) is 24.1 Å². The second-order valence-electron chi connectivity index (χ2n) is 4.63. The van der Waals surface area contributed by atoms with Crippen molar-refractivity contribution in [3.8, 4) is 0 Å². The monoisotopic (exact) mass is 198 g/mol. The van der Waals surface area contributed by atoms with Crippen molar-refractivity contribution in [2.24, 2.45) is 0 Å². The topological polar surface area (TPSA) is 24.5 Å². The van der Waals surface area contributed by atoms with Crippen molar-refractivity contribution in [1.82, 2.24) is 10.2 Å². The number of nitrogens with one attached hydrogen (secondary N) is 1. The Morgan fingerprint density at radius 2 is 2.43 bits per heavy atom. The van der Waals surface area contributed by atoms with Crippen LogP contribution in [0.15, 0.2) is 0 Å². The number of ether oxygens (including phenoxy) is 1. The normalized spacial score (nSPS) is 40.3. The Morgan fingerprint density at radius 1 is 1.57 bits per heavy atom. The zero-order valence-electron chi connectivity index (χ0n) is 9.38. The first-order valence-corrected chi connectivity index (χ1v) is 5.84. The molecule has 14 heavy (non-hydrogen) atoms. The van der Waals surface area contributed by atoms with Gasteiger partial charge in [-0.05, 0) is 19.8 Å². The second kappa shape index (κ2) is 4.17. The molecule has 0 aromatic heterocycles. The van der Waals surface area contributed by atoms with E-state index in [0.717, 1.165) is 26.3 Å². The highest BCUT2D eigenvalue weighted by molar-refractivity contribution is 4.97. The Kier molecular flexibility index (Phi) is 3.10. The fourth-order valence-electron chi connectivity index (χ4n) is 2.85. The molecule has 2 aliphatic rings. The van der Waals surface area contributed by atoms with Crippen molar-refractivity contribution < 1.29 is 4.74 Å². The van der Waals surface area contributed by atoms with Gasteiger partial charge in [-0.1, -0.05) is 6.92 Å². The van der Waals surface area contributed by atoms with Crippen molar-refractivity contribution in [1.29, 1.82) is 0 Å². The van der Waals surface area contributed by atoms with E-state index in [1.54, 1.807) is 0 Å². The van der Waals surface area contributed by atoms with Crippen LogP contribution in [-0.4, -0.2) is 49.3 Å². The molecule has 2 unspecified atom stereocenters. The van der Waals surface area contributed by atoms with Crippen LogP contribution in [0, 0.1) is 0 Å². The number of hydrogen-bond acceptors (Lipinski definition) is 3. The fraction of sp³-hybridized carbons (Fsp3) is 1.00. The molecule has 2 aliphatic heterocycles. The Bertz CT molecular complexity index is 190. The van der Waals surface area contributed by atoms with Crippen molar-refractivity contribution in [3.63, 3.8) is 0 Å². The lowest BCUT2D eigenvalue weighted by molar-refractivity contribution is 0.0193. The van der Waals surface area contributed by atoms with Gasteiger partial charge in [0.15, 0.2) is 0 Å². The highest BCUT2D eigenvalue weighted by atomic mass is 16.5. The van der Waals surface area contributed by atoms with Crippen LogP contribution in [-0.2, 0) is 4.74 Å². The maximum atomic E-state index is 5.59. The average molecular weight is 198 g/mol. The number of nitrogens with zero attached hydrogens (tertiary/aromatic N) is 1. The average Bonchev–Trinajstić information content (AvgIpc) is 2.68. The Balaban J connectivity index is 2.09. The zero-order valence-corrected chi connectivity index (χ0v) is 9.38. The van der Waals surface area contributed by atoms with E-state index in [4.69, 9.17) is 4.74 Å². The van der Waals surface area contributed by atoms with Crippen LogP contribution in [0.5, 0.6) is 0 Å². The van der Waals surface area contributed by atoms with Gasteiger partial charge in [0.05, 0.1) is 6.61 Å². The van der Waals surface area contributed by atoms with Crippen LogP contribution < -0.4 is 5.32 Å². The molecule has 0 aromatic carbocycles. The quantitative estimate of drug-likeness (QED) is 0.712. The van der Waals surface area contributed by atoms with Gasteiger partial charge in [0.25, 0.3) is 0 Å². The summed E-state index contributed by atoms with van der Waals surface area (Å²) in [4.78, 5) is 2.66. The molecular weight excluding hydrogens is 176 g/mol. The predicted molar refractivity (Wildman–Crippen MR) is 57.5 cm³/mol. The smallest absolute Gasteiger partial charge is 0.0651 e. The van der Waals surface area contributed by atoms with Crippen LogP contribution in [0.3, 0.4) is 0 Å². The predicted octanol–water partition coefficient (Wildman–Crippen LogP) is 0.849. The maximum absolute atomic E-state index is 5.59. The van der Waals surface area contributed by atoms with E-state index in [1.165, 1.54) is 19.4 Å². The third-order valence-electron chi connectivity index (χ3n) is 3.85. The highest BCUT2D eigenvalue weighted by Gasteiger charge is 2.41. The van der Waals surface area contributed by atoms with Crippen molar-refractivity contribution >= 4 is 0 Å². The maximum Gasteiger partial charge on any atom is 0.0651 e. The lowest BCUT2D eigenvalue weighted by Crippen LogP contribution is -2.60. The first-order valence-electron chi connectivity index (χ1n) is 5.84. The van der Waals surface area contributed by atoms with Gasteiger partial charge >= 0.3 is 0 Å². The van der Waals surface area contributed by atoms with E-state index in [-0.39, 0.29) is 0 Å². The van der Waals surface area contributed by atoms with Crippen LogP contribution in [0.2, 0.25) is 0 Å². The summed E-state index contributed by atoms with van der Waals surface area (Å²) in [6.45, 7) is 9.94. The summed E-state index contributed by atoms with van der Waals surface area (Å²) in [5.41, 5.74) is 0.349. The molecular formula is C11H22N2O. The summed E-state index contributed by atoms with van der Waals surface area (Å²) in [5, 5.41) is 3.45. The number of hydrogen-bond donors (Lipinski definition) is 1. The third kappa shape index (κ3) is 1.69. The molecule has 2 rings (SSSR count). The summed E-state index contributed by atoms with van der Waals surface area (Å²) in [6.07, 6.45) is 2.44. The van der Waals surface area contributed by atoms with Crippen LogP contribution in [0.25, 0.3) is 0 Å². The Morgan fingerprint density at radius 3 is 3.00 bits per heavy atom. The summed E-state index contributed by atoms with van der Waals surface area (Å²) in [6, 6.07) is 0.658. The lowest BCUT2D eigenvalue weighted by atomic mass is 9.90. The van der Waals surface area contributed by atoms with E-state index < -0.39 is 0 Å². The molecule has 0 spiro atoms. The van der Waals surface area contributed by atoms with E-state index in [9.17, 15) is 0 Å². The molecule has 2 heterocycles. The molecule has 2 atom stereocenters.